The molecule has 0 unspecified atom stereocenters. The third-order valence-electron chi connectivity index (χ3n) is 6.68. The molecule has 9 nitrogen and oxygen atoms in total. The summed E-state index contributed by atoms with van der Waals surface area (Å²) in [6.07, 6.45) is 5.38. The highest BCUT2D eigenvalue weighted by Gasteiger charge is 2.41. The number of rotatable bonds is 7. The van der Waals surface area contributed by atoms with E-state index in [-0.39, 0.29) is 17.8 Å². The summed E-state index contributed by atoms with van der Waals surface area (Å²) in [6, 6.07) is 16.3. The van der Waals surface area contributed by atoms with Crippen molar-refractivity contribution >= 4 is 23.0 Å². The molecule has 4 aromatic rings. The second-order valence-electron chi connectivity index (χ2n) is 8.89. The van der Waals surface area contributed by atoms with Crippen LogP contribution in [0.4, 0.5) is 5.69 Å². The van der Waals surface area contributed by atoms with Gasteiger partial charge in [-0.3, -0.25) is 20.1 Å². The molecule has 0 spiro atoms. The molecule has 1 saturated heterocycles. The highest BCUT2D eigenvalue weighted by Crippen LogP contribution is 2.43. The maximum absolute atomic E-state index is 11.3. The number of benzene rings is 1. The predicted molar refractivity (Wildman–Crippen MR) is 144 cm³/mol. The lowest BCUT2D eigenvalue weighted by Crippen LogP contribution is -2.29. The predicted octanol–water partition coefficient (Wildman–Crippen LogP) is 4.97. The van der Waals surface area contributed by atoms with E-state index in [4.69, 9.17) is 17.0 Å². The number of nitro benzene ring substituents is 1. The molecule has 37 heavy (non-hydrogen) atoms. The summed E-state index contributed by atoms with van der Waals surface area (Å²) < 4.78 is 7.62. The van der Waals surface area contributed by atoms with Crippen molar-refractivity contribution in [3.05, 3.63) is 112 Å². The summed E-state index contributed by atoms with van der Waals surface area (Å²) in [6.45, 7) is 4.64. The Labute approximate surface area is 219 Å². The zero-order valence-corrected chi connectivity index (χ0v) is 21.5. The Morgan fingerprint density at radius 1 is 1.14 bits per heavy atom. The van der Waals surface area contributed by atoms with Crippen LogP contribution < -0.4 is 10.1 Å². The summed E-state index contributed by atoms with van der Waals surface area (Å²) in [7, 11) is 1.52. The molecule has 1 aliphatic rings. The Hall–Kier alpha value is -4.31. The third kappa shape index (κ3) is 4.51. The number of ether oxygens (including phenoxy) is 1. The molecule has 4 heterocycles. The Kier molecular flexibility index (Phi) is 6.58. The molecule has 0 radical (unpaired) electrons. The molecular formula is C27H26N6O3S. The number of hydrogen-bond donors (Lipinski definition) is 1. The number of hydrogen-bond acceptors (Lipinski definition) is 6. The van der Waals surface area contributed by atoms with E-state index in [1.807, 2.05) is 50.4 Å². The zero-order valence-electron chi connectivity index (χ0n) is 20.7. The number of nitrogens with one attached hydrogen (secondary N) is 1. The van der Waals surface area contributed by atoms with Crippen molar-refractivity contribution in [3.8, 4) is 11.4 Å². The van der Waals surface area contributed by atoms with E-state index in [1.54, 1.807) is 18.5 Å². The van der Waals surface area contributed by atoms with Gasteiger partial charge in [-0.25, -0.2) is 0 Å². The maximum Gasteiger partial charge on any atom is 0.273 e. The van der Waals surface area contributed by atoms with Crippen molar-refractivity contribution in [2.24, 2.45) is 0 Å². The summed E-state index contributed by atoms with van der Waals surface area (Å²) in [5.74, 6) is 0.427. The molecule has 1 aliphatic heterocycles. The van der Waals surface area contributed by atoms with E-state index in [1.165, 1.54) is 19.2 Å². The quantitative estimate of drug-likeness (QED) is 0.210. The minimum Gasteiger partial charge on any atom is -0.494 e. The maximum atomic E-state index is 11.3. The van der Waals surface area contributed by atoms with Crippen molar-refractivity contribution in [1.29, 1.82) is 0 Å². The number of aromatic nitrogens is 3. The Balaban J connectivity index is 1.63. The molecule has 1 fully saturated rings. The van der Waals surface area contributed by atoms with Gasteiger partial charge in [0.15, 0.2) is 5.11 Å². The van der Waals surface area contributed by atoms with Gasteiger partial charge in [-0.1, -0.05) is 12.1 Å². The van der Waals surface area contributed by atoms with Crippen LogP contribution >= 0.6 is 12.2 Å². The van der Waals surface area contributed by atoms with Gasteiger partial charge in [0.05, 0.1) is 41.6 Å². The molecule has 3 aromatic heterocycles. The van der Waals surface area contributed by atoms with E-state index in [9.17, 15) is 10.1 Å². The second-order valence-corrected chi connectivity index (χ2v) is 9.28. The van der Waals surface area contributed by atoms with E-state index < -0.39 is 4.92 Å². The van der Waals surface area contributed by atoms with Gasteiger partial charge in [-0.15, -0.1) is 0 Å². The van der Waals surface area contributed by atoms with Crippen molar-refractivity contribution in [3.63, 3.8) is 0 Å². The second kappa shape index (κ2) is 9.98. The Morgan fingerprint density at radius 3 is 2.65 bits per heavy atom. The number of non-ortho nitro benzene ring substituents is 1. The van der Waals surface area contributed by atoms with Crippen LogP contribution in [0.1, 0.15) is 40.3 Å². The fourth-order valence-corrected chi connectivity index (χ4v) is 5.33. The average molecular weight is 515 g/mol. The Morgan fingerprint density at radius 2 is 1.97 bits per heavy atom. The van der Waals surface area contributed by atoms with Gasteiger partial charge in [0.1, 0.15) is 5.75 Å². The van der Waals surface area contributed by atoms with Gasteiger partial charge in [0, 0.05) is 42.6 Å². The first-order valence-corrected chi connectivity index (χ1v) is 12.2. The van der Waals surface area contributed by atoms with E-state index in [2.05, 4.69) is 30.8 Å². The van der Waals surface area contributed by atoms with E-state index >= 15 is 0 Å². The summed E-state index contributed by atoms with van der Waals surface area (Å²) in [5, 5.41) is 15.5. The molecular weight excluding hydrogens is 488 g/mol. The minimum atomic E-state index is -0.425. The van der Waals surface area contributed by atoms with Crippen LogP contribution in [0.2, 0.25) is 0 Å². The smallest absolute Gasteiger partial charge is 0.273 e. The van der Waals surface area contributed by atoms with Gasteiger partial charge in [0.25, 0.3) is 5.69 Å². The van der Waals surface area contributed by atoms with Gasteiger partial charge in [-0.2, -0.15) is 0 Å². The molecule has 2 atom stereocenters. The van der Waals surface area contributed by atoms with Gasteiger partial charge >= 0.3 is 0 Å². The molecule has 0 amide bonds. The summed E-state index contributed by atoms with van der Waals surface area (Å²) in [5.41, 5.74) is 5.68. The first kappa shape index (κ1) is 24.4. The normalized spacial score (nSPS) is 17.1. The Bertz CT molecular complexity index is 1460. The molecule has 5 rings (SSSR count). The fourth-order valence-electron chi connectivity index (χ4n) is 5.03. The standard InChI is InChI=1S/C27H26N6O3S/c1-17-13-21(18(2)32(17)23-10-9-20(33(34)35)14-24(23)36-3)26-25(22-8-4-5-12-29-22)30-27(37)31(26)16-19-7-6-11-28-15-19/h4-15,25-26H,16H2,1-3H3,(H,30,37)/t25-,26-/m0/s1. The van der Waals surface area contributed by atoms with Crippen LogP contribution in [0.15, 0.2) is 73.2 Å². The van der Waals surface area contributed by atoms with Crippen LogP contribution in [0, 0.1) is 24.0 Å². The molecule has 1 aromatic carbocycles. The number of pyridine rings is 2. The van der Waals surface area contributed by atoms with Crippen LogP contribution in [-0.2, 0) is 6.54 Å². The lowest BCUT2D eigenvalue weighted by molar-refractivity contribution is -0.384. The monoisotopic (exact) mass is 514 g/mol. The number of aryl methyl sites for hydroxylation is 1. The molecule has 10 heteroatoms. The number of nitro groups is 1. The topological polar surface area (TPSA) is 98.3 Å². The largest absolute Gasteiger partial charge is 0.494 e. The number of nitrogens with zero attached hydrogens (tertiary/aromatic N) is 5. The van der Waals surface area contributed by atoms with Crippen molar-refractivity contribution in [1.82, 2.24) is 24.8 Å². The molecule has 0 saturated carbocycles. The minimum absolute atomic E-state index is 0.0218. The fraction of sp³-hybridized carbons (Fsp3) is 0.222. The van der Waals surface area contributed by atoms with Crippen LogP contribution in [0.3, 0.4) is 0 Å². The zero-order chi connectivity index (χ0) is 26.1. The van der Waals surface area contributed by atoms with Crippen LogP contribution in [-0.4, -0.2) is 36.6 Å². The molecule has 1 N–H and O–H groups in total. The SMILES string of the molecule is COc1cc([N+](=O)[O-])ccc1-n1c(C)cc([C@H]2[C@H](c3ccccn3)NC(=S)N2Cc2cccnc2)c1C. The number of thiocarbonyl (C=S) groups is 1. The van der Waals surface area contributed by atoms with Crippen molar-refractivity contribution < 1.29 is 9.66 Å². The third-order valence-corrected chi connectivity index (χ3v) is 7.03. The van der Waals surface area contributed by atoms with E-state index in [0.29, 0.717) is 17.4 Å². The van der Waals surface area contributed by atoms with Gasteiger partial charge in [-0.05, 0) is 67.5 Å². The van der Waals surface area contributed by atoms with Gasteiger partial charge < -0.3 is 19.5 Å². The van der Waals surface area contributed by atoms with Gasteiger partial charge in [0.2, 0.25) is 0 Å². The lowest BCUT2D eigenvalue weighted by Gasteiger charge is -2.28. The van der Waals surface area contributed by atoms with Crippen LogP contribution in [0.25, 0.3) is 5.69 Å². The average Bonchev–Trinajstić information content (AvgIpc) is 3.39. The molecule has 0 aliphatic carbocycles. The highest BCUT2D eigenvalue weighted by atomic mass is 32.1. The van der Waals surface area contributed by atoms with Crippen LogP contribution in [0.5, 0.6) is 5.75 Å². The summed E-state index contributed by atoms with van der Waals surface area (Å²) >= 11 is 5.82. The van der Waals surface area contributed by atoms with Crippen molar-refractivity contribution in [2.45, 2.75) is 32.5 Å². The highest BCUT2D eigenvalue weighted by molar-refractivity contribution is 7.80. The number of methoxy groups -OCH3 is 1. The molecule has 0 bridgehead atoms. The first-order chi connectivity index (χ1) is 17.9. The first-order valence-electron chi connectivity index (χ1n) is 11.8. The molecule has 188 valence electrons. The summed E-state index contributed by atoms with van der Waals surface area (Å²) in [4.78, 5) is 22.0. The van der Waals surface area contributed by atoms with Crippen molar-refractivity contribution in [2.75, 3.05) is 7.11 Å². The lowest BCUT2D eigenvalue weighted by atomic mass is 9.96. The van der Waals surface area contributed by atoms with E-state index in [0.717, 1.165) is 33.9 Å².